The van der Waals surface area contributed by atoms with E-state index in [1.807, 2.05) is 31.2 Å². The molecule has 2 saturated heterocycles. The van der Waals surface area contributed by atoms with Crippen LogP contribution in [0, 0.1) is 6.92 Å². The van der Waals surface area contributed by atoms with E-state index in [4.69, 9.17) is 4.74 Å². The fraction of sp³-hybridized carbons (Fsp3) is 0.379. The van der Waals surface area contributed by atoms with Gasteiger partial charge in [0.2, 0.25) is 10.0 Å². The van der Waals surface area contributed by atoms with Gasteiger partial charge in [0.1, 0.15) is 0 Å². The van der Waals surface area contributed by atoms with E-state index in [0.717, 1.165) is 24.9 Å². The highest BCUT2D eigenvalue weighted by molar-refractivity contribution is 7.89. The van der Waals surface area contributed by atoms with Gasteiger partial charge in [-0.25, -0.2) is 8.42 Å². The topological polar surface area (TPSA) is 49.9 Å². The van der Waals surface area contributed by atoms with E-state index < -0.39 is 10.0 Å². The number of ether oxygens (including phenoxy) is 1. The van der Waals surface area contributed by atoms with Crippen LogP contribution < -0.4 is 0 Å². The summed E-state index contributed by atoms with van der Waals surface area (Å²) in [5, 5.41) is 0. The van der Waals surface area contributed by atoms with Gasteiger partial charge in [-0.05, 0) is 54.6 Å². The highest BCUT2D eigenvalue weighted by Gasteiger charge is 2.50. The van der Waals surface area contributed by atoms with E-state index >= 15 is 0 Å². The van der Waals surface area contributed by atoms with Crippen LogP contribution in [0.25, 0.3) is 11.1 Å². The van der Waals surface area contributed by atoms with Gasteiger partial charge in [-0.3, -0.25) is 4.90 Å². The summed E-state index contributed by atoms with van der Waals surface area (Å²) >= 11 is 0. The molecule has 1 unspecified atom stereocenters. The van der Waals surface area contributed by atoms with Crippen LogP contribution in [0.3, 0.4) is 0 Å². The summed E-state index contributed by atoms with van der Waals surface area (Å²) in [6.07, 6.45) is 1.85. The molecule has 0 aliphatic carbocycles. The van der Waals surface area contributed by atoms with Crippen molar-refractivity contribution >= 4 is 10.0 Å². The Hall–Kier alpha value is -2.51. The molecule has 6 heteroatoms. The molecule has 35 heavy (non-hydrogen) atoms. The number of rotatable bonds is 6. The third-order valence-electron chi connectivity index (χ3n) is 7.60. The number of fused-ring (bicyclic) bond motifs is 1. The van der Waals surface area contributed by atoms with E-state index in [0.29, 0.717) is 24.6 Å². The molecule has 2 aliphatic rings. The van der Waals surface area contributed by atoms with Crippen molar-refractivity contribution in [3.8, 4) is 11.1 Å². The number of hydrogen-bond acceptors (Lipinski definition) is 4. The second-order valence-corrected chi connectivity index (χ2v) is 11.6. The largest absolute Gasteiger partial charge is 0.383 e. The number of methoxy groups -OCH3 is 1. The van der Waals surface area contributed by atoms with Crippen molar-refractivity contribution in [3.05, 3.63) is 90.0 Å². The minimum absolute atomic E-state index is 0.136. The molecule has 2 aliphatic heterocycles. The van der Waals surface area contributed by atoms with Gasteiger partial charge >= 0.3 is 0 Å². The molecule has 184 valence electrons. The Morgan fingerprint density at radius 2 is 1.51 bits per heavy atom. The summed E-state index contributed by atoms with van der Waals surface area (Å²) in [6, 6.07) is 26.9. The van der Waals surface area contributed by atoms with Crippen molar-refractivity contribution in [2.75, 3.05) is 33.4 Å². The third-order valence-corrected chi connectivity index (χ3v) is 9.62. The summed E-state index contributed by atoms with van der Waals surface area (Å²) in [6.45, 7) is 4.57. The minimum Gasteiger partial charge on any atom is -0.383 e. The van der Waals surface area contributed by atoms with Gasteiger partial charge in [0, 0.05) is 38.2 Å². The maximum Gasteiger partial charge on any atom is 0.243 e. The van der Waals surface area contributed by atoms with Crippen molar-refractivity contribution in [2.24, 2.45) is 0 Å². The van der Waals surface area contributed by atoms with E-state index in [2.05, 4.69) is 53.4 Å². The van der Waals surface area contributed by atoms with Gasteiger partial charge in [0.15, 0.2) is 0 Å². The Balaban J connectivity index is 1.45. The fourth-order valence-electron chi connectivity index (χ4n) is 5.79. The molecule has 3 aromatic carbocycles. The number of sulfonamides is 1. The van der Waals surface area contributed by atoms with E-state index in [1.165, 1.54) is 16.7 Å². The molecule has 0 bridgehead atoms. The molecular formula is C29H34N2O3S. The molecule has 0 aromatic heterocycles. The number of hydrogen-bond donors (Lipinski definition) is 0. The molecule has 5 rings (SSSR count). The highest BCUT2D eigenvalue weighted by atomic mass is 32.2. The van der Waals surface area contributed by atoms with Crippen LogP contribution >= 0.6 is 0 Å². The summed E-state index contributed by atoms with van der Waals surface area (Å²) in [5.74, 6) is 0.229. The minimum atomic E-state index is -3.56. The molecule has 0 spiro atoms. The fourth-order valence-corrected chi connectivity index (χ4v) is 7.51. The lowest BCUT2D eigenvalue weighted by Crippen LogP contribution is -2.68. The Kier molecular flexibility index (Phi) is 7.07. The molecule has 3 atom stereocenters. The van der Waals surface area contributed by atoms with Crippen molar-refractivity contribution in [1.29, 1.82) is 0 Å². The van der Waals surface area contributed by atoms with Crippen LogP contribution in [-0.4, -0.2) is 63.1 Å². The first-order chi connectivity index (χ1) is 17.0. The molecule has 2 heterocycles. The van der Waals surface area contributed by atoms with Gasteiger partial charge in [-0.2, -0.15) is 4.31 Å². The lowest BCUT2D eigenvalue weighted by molar-refractivity contribution is -0.0635. The first-order valence-corrected chi connectivity index (χ1v) is 13.9. The van der Waals surface area contributed by atoms with Crippen molar-refractivity contribution < 1.29 is 13.2 Å². The Labute approximate surface area is 209 Å². The third kappa shape index (κ3) is 4.68. The van der Waals surface area contributed by atoms with E-state index in [-0.39, 0.29) is 18.0 Å². The maximum atomic E-state index is 13.7. The van der Waals surface area contributed by atoms with E-state index in [1.54, 1.807) is 17.5 Å². The first-order valence-electron chi connectivity index (χ1n) is 12.5. The summed E-state index contributed by atoms with van der Waals surface area (Å²) in [4.78, 5) is 2.89. The lowest BCUT2D eigenvalue weighted by Gasteiger charge is -2.57. The van der Waals surface area contributed by atoms with Crippen LogP contribution in [0.5, 0.6) is 0 Å². The quantitative estimate of drug-likeness (QED) is 0.492. The monoisotopic (exact) mass is 490 g/mol. The van der Waals surface area contributed by atoms with Gasteiger partial charge in [0.05, 0.1) is 11.5 Å². The van der Waals surface area contributed by atoms with Crippen LogP contribution in [0.2, 0.25) is 0 Å². The zero-order chi connectivity index (χ0) is 24.4. The molecule has 2 fully saturated rings. The molecule has 0 saturated carbocycles. The first kappa shape index (κ1) is 24.2. The molecule has 3 aromatic rings. The molecule has 0 amide bonds. The molecule has 0 radical (unpaired) electrons. The van der Waals surface area contributed by atoms with Crippen molar-refractivity contribution in [2.45, 2.75) is 42.7 Å². The Morgan fingerprint density at radius 1 is 0.857 bits per heavy atom. The zero-order valence-corrected chi connectivity index (χ0v) is 21.3. The maximum absolute atomic E-state index is 13.7. The lowest BCUT2D eigenvalue weighted by atomic mass is 9.74. The average Bonchev–Trinajstić information content (AvgIpc) is 2.86. The summed E-state index contributed by atoms with van der Waals surface area (Å²) in [5.41, 5.74) is 4.44. The zero-order valence-electron chi connectivity index (χ0n) is 20.5. The van der Waals surface area contributed by atoms with Crippen LogP contribution in [0.4, 0.5) is 0 Å². The highest BCUT2D eigenvalue weighted by Crippen LogP contribution is 2.43. The van der Waals surface area contributed by atoms with Gasteiger partial charge in [-0.15, -0.1) is 0 Å². The van der Waals surface area contributed by atoms with Crippen LogP contribution in [0.15, 0.2) is 83.8 Å². The Morgan fingerprint density at radius 3 is 2.23 bits per heavy atom. The average molecular weight is 491 g/mol. The number of benzene rings is 3. The van der Waals surface area contributed by atoms with Crippen LogP contribution in [0.1, 0.15) is 29.9 Å². The predicted molar refractivity (Wildman–Crippen MR) is 140 cm³/mol. The smallest absolute Gasteiger partial charge is 0.243 e. The summed E-state index contributed by atoms with van der Waals surface area (Å²) < 4.78 is 34.7. The van der Waals surface area contributed by atoms with Gasteiger partial charge in [-0.1, -0.05) is 72.8 Å². The summed E-state index contributed by atoms with van der Waals surface area (Å²) in [7, 11) is -1.81. The van der Waals surface area contributed by atoms with E-state index in [9.17, 15) is 8.42 Å². The predicted octanol–water partition coefficient (Wildman–Crippen LogP) is 4.93. The van der Waals surface area contributed by atoms with Crippen molar-refractivity contribution in [1.82, 2.24) is 9.21 Å². The molecule has 5 nitrogen and oxygen atoms in total. The Bertz CT molecular complexity index is 1240. The molecular weight excluding hydrogens is 456 g/mol. The van der Waals surface area contributed by atoms with Gasteiger partial charge in [0.25, 0.3) is 0 Å². The number of aryl methyl sites for hydroxylation is 1. The second kappa shape index (κ2) is 10.2. The SMILES string of the molecule is COC[C@@H]1[C@@H](c2ccc(-c3ccccc3)cc2)C2CN(S(=O)(=O)c3ccccc3C)CCCCN21. The van der Waals surface area contributed by atoms with Crippen molar-refractivity contribution in [3.63, 3.8) is 0 Å². The molecule has 0 N–H and O–H groups in total. The van der Waals surface area contributed by atoms with Gasteiger partial charge < -0.3 is 4.74 Å². The normalized spacial score (nSPS) is 23.7. The standard InChI is InChI=1S/C29H34N2O3S/c1-22-10-6-7-13-28(22)35(32,33)30-18-8-9-19-31-26(20-30)29(27(31)21-34-2)25-16-14-24(15-17-25)23-11-4-3-5-12-23/h3-7,10-17,26-27,29H,8-9,18-21H2,1-2H3/t26?,27-,29+/m1/s1. The number of nitrogens with zero attached hydrogens (tertiary/aromatic N) is 2. The van der Waals surface area contributed by atoms with Crippen LogP contribution in [-0.2, 0) is 14.8 Å². The second-order valence-electron chi connectivity index (χ2n) is 9.68.